The lowest BCUT2D eigenvalue weighted by Crippen LogP contribution is -2.52. The summed E-state index contributed by atoms with van der Waals surface area (Å²) in [5.74, 6) is -3.65. The number of halogens is 1. The van der Waals surface area contributed by atoms with Crippen molar-refractivity contribution < 1.29 is 19.8 Å². The van der Waals surface area contributed by atoms with Crippen molar-refractivity contribution in [3.8, 4) is 0 Å². The number of likely N-dealkylation sites (tertiary alicyclic amines) is 1. The van der Waals surface area contributed by atoms with Gasteiger partial charge in [0.1, 0.15) is 0 Å². The molecular weight excluding hydrogens is 442 g/mol. The maximum atomic E-state index is 9.10. The third kappa shape index (κ3) is 8.12. The molecule has 0 saturated carbocycles. The van der Waals surface area contributed by atoms with Gasteiger partial charge in [0.2, 0.25) is 0 Å². The molecule has 2 heterocycles. The van der Waals surface area contributed by atoms with Gasteiger partial charge in [0.15, 0.2) is 0 Å². The molecule has 4 rings (SSSR count). The van der Waals surface area contributed by atoms with E-state index in [4.69, 9.17) is 31.4 Å². The van der Waals surface area contributed by atoms with Crippen LogP contribution in [-0.4, -0.2) is 82.2 Å². The zero-order valence-corrected chi connectivity index (χ0v) is 19.5. The highest BCUT2D eigenvalue weighted by molar-refractivity contribution is 6.31. The van der Waals surface area contributed by atoms with E-state index in [0.717, 1.165) is 37.2 Å². The summed E-state index contributed by atoms with van der Waals surface area (Å²) in [5.41, 5.74) is 2.69. The molecule has 0 bridgehead atoms. The number of aliphatic carboxylic acids is 2. The highest BCUT2D eigenvalue weighted by atomic mass is 35.5. The van der Waals surface area contributed by atoms with E-state index in [9.17, 15) is 0 Å². The number of hydrogen-bond donors (Lipinski definition) is 2. The van der Waals surface area contributed by atoms with Crippen LogP contribution in [0.5, 0.6) is 0 Å². The van der Waals surface area contributed by atoms with Crippen LogP contribution in [0.2, 0.25) is 5.02 Å². The van der Waals surface area contributed by atoms with Crippen LogP contribution < -0.4 is 0 Å². The Labute approximate surface area is 200 Å². The smallest absolute Gasteiger partial charge is 0.414 e. The van der Waals surface area contributed by atoms with E-state index in [1.54, 1.807) is 0 Å². The van der Waals surface area contributed by atoms with Crippen molar-refractivity contribution in [3.05, 3.63) is 70.7 Å². The zero-order valence-electron chi connectivity index (χ0n) is 18.8. The van der Waals surface area contributed by atoms with Crippen molar-refractivity contribution in [1.82, 2.24) is 14.7 Å². The average molecular weight is 474 g/mol. The molecule has 7 nitrogen and oxygen atoms in total. The third-order valence-corrected chi connectivity index (χ3v) is 6.63. The van der Waals surface area contributed by atoms with E-state index in [1.807, 2.05) is 12.1 Å². The summed E-state index contributed by atoms with van der Waals surface area (Å²) in [6.07, 6.45) is 2.61. The Kier molecular flexibility index (Phi) is 9.69. The monoisotopic (exact) mass is 473 g/mol. The summed E-state index contributed by atoms with van der Waals surface area (Å²) < 4.78 is 0. The SMILES string of the molecule is Clc1ccccc1CN1CCN(C2CCN(Cc3ccccc3)CC2)CC1.O=C(O)C(=O)O. The summed E-state index contributed by atoms with van der Waals surface area (Å²) in [6, 6.07) is 19.9. The van der Waals surface area contributed by atoms with Crippen molar-refractivity contribution in [2.24, 2.45) is 0 Å². The first kappa shape index (κ1) is 25.2. The predicted octanol–water partition coefficient (Wildman–Crippen LogP) is 3.28. The first-order chi connectivity index (χ1) is 15.9. The molecular formula is C25H32ClN3O4. The van der Waals surface area contributed by atoms with E-state index in [2.05, 4.69) is 57.2 Å². The second-order valence-electron chi connectivity index (χ2n) is 8.51. The molecule has 2 aromatic rings. The Morgan fingerprint density at radius 3 is 1.88 bits per heavy atom. The van der Waals surface area contributed by atoms with E-state index >= 15 is 0 Å². The molecule has 0 aromatic heterocycles. The van der Waals surface area contributed by atoms with Crippen LogP contribution in [0.1, 0.15) is 24.0 Å². The number of benzene rings is 2. The fourth-order valence-corrected chi connectivity index (χ4v) is 4.63. The van der Waals surface area contributed by atoms with Gasteiger partial charge in [0.05, 0.1) is 0 Å². The van der Waals surface area contributed by atoms with Crippen LogP contribution in [0.25, 0.3) is 0 Å². The fourth-order valence-electron chi connectivity index (χ4n) is 4.44. The zero-order chi connectivity index (χ0) is 23.6. The van der Waals surface area contributed by atoms with Gasteiger partial charge in [-0.1, -0.05) is 60.1 Å². The number of rotatable bonds is 5. The van der Waals surface area contributed by atoms with E-state index in [0.29, 0.717) is 0 Å². The molecule has 8 heteroatoms. The molecule has 2 saturated heterocycles. The molecule has 2 aromatic carbocycles. The first-order valence-electron chi connectivity index (χ1n) is 11.3. The standard InChI is InChI=1S/C23H30ClN3.C2H2O4/c24-23-9-5-4-8-21(23)19-26-14-16-27(17-15-26)22-10-12-25(13-11-22)18-20-6-2-1-3-7-20;3-1(4)2(5)6/h1-9,22H,10-19H2;(H,3,4)(H,5,6). The highest BCUT2D eigenvalue weighted by Gasteiger charge is 2.27. The van der Waals surface area contributed by atoms with Crippen molar-refractivity contribution in [1.29, 1.82) is 0 Å². The van der Waals surface area contributed by atoms with Gasteiger partial charge in [-0.3, -0.25) is 14.7 Å². The van der Waals surface area contributed by atoms with E-state index in [-0.39, 0.29) is 0 Å². The van der Waals surface area contributed by atoms with Gasteiger partial charge < -0.3 is 10.2 Å². The number of nitrogens with zero attached hydrogens (tertiary/aromatic N) is 3. The number of piperazine rings is 1. The molecule has 2 aliphatic rings. The van der Waals surface area contributed by atoms with Gasteiger partial charge >= 0.3 is 11.9 Å². The molecule has 0 unspecified atom stereocenters. The Morgan fingerprint density at radius 1 is 0.758 bits per heavy atom. The summed E-state index contributed by atoms with van der Waals surface area (Å²) in [5, 5.41) is 15.7. The fraction of sp³-hybridized carbons (Fsp3) is 0.440. The van der Waals surface area contributed by atoms with Gasteiger partial charge in [0, 0.05) is 50.3 Å². The Bertz CT molecular complexity index is 884. The van der Waals surface area contributed by atoms with Crippen molar-refractivity contribution in [3.63, 3.8) is 0 Å². The van der Waals surface area contributed by atoms with Gasteiger partial charge in [-0.15, -0.1) is 0 Å². The van der Waals surface area contributed by atoms with E-state index in [1.165, 1.54) is 50.1 Å². The maximum absolute atomic E-state index is 9.10. The summed E-state index contributed by atoms with van der Waals surface area (Å²) >= 11 is 6.32. The van der Waals surface area contributed by atoms with Crippen LogP contribution in [0, 0.1) is 0 Å². The summed E-state index contributed by atoms with van der Waals surface area (Å²) in [7, 11) is 0. The normalized spacial score (nSPS) is 18.3. The molecule has 2 aliphatic heterocycles. The largest absolute Gasteiger partial charge is 0.473 e. The highest BCUT2D eigenvalue weighted by Crippen LogP contribution is 2.22. The molecule has 2 N–H and O–H groups in total. The molecule has 0 spiro atoms. The number of piperidine rings is 1. The van der Waals surface area contributed by atoms with Crippen LogP contribution in [0.15, 0.2) is 54.6 Å². The Balaban J connectivity index is 0.000000454. The maximum Gasteiger partial charge on any atom is 0.414 e. The van der Waals surface area contributed by atoms with Gasteiger partial charge in [0.25, 0.3) is 0 Å². The van der Waals surface area contributed by atoms with Crippen LogP contribution in [0.3, 0.4) is 0 Å². The molecule has 0 atom stereocenters. The minimum absolute atomic E-state index is 0.763. The van der Waals surface area contributed by atoms with Gasteiger partial charge in [-0.05, 0) is 43.1 Å². The van der Waals surface area contributed by atoms with Gasteiger partial charge in [-0.2, -0.15) is 0 Å². The lowest BCUT2D eigenvalue weighted by atomic mass is 10.0. The van der Waals surface area contributed by atoms with Crippen molar-refractivity contribution in [2.45, 2.75) is 32.0 Å². The quantitative estimate of drug-likeness (QED) is 0.644. The lowest BCUT2D eigenvalue weighted by molar-refractivity contribution is -0.159. The summed E-state index contributed by atoms with van der Waals surface area (Å²) in [6.45, 7) is 9.19. The van der Waals surface area contributed by atoms with Crippen molar-refractivity contribution >= 4 is 23.5 Å². The van der Waals surface area contributed by atoms with Crippen LogP contribution in [0.4, 0.5) is 0 Å². The topological polar surface area (TPSA) is 84.3 Å². The van der Waals surface area contributed by atoms with Crippen LogP contribution in [-0.2, 0) is 22.7 Å². The van der Waals surface area contributed by atoms with Gasteiger partial charge in [-0.25, -0.2) is 9.59 Å². The Hall–Kier alpha value is -2.45. The van der Waals surface area contributed by atoms with E-state index < -0.39 is 11.9 Å². The number of hydrogen-bond acceptors (Lipinski definition) is 5. The summed E-state index contributed by atoms with van der Waals surface area (Å²) in [4.78, 5) is 26.1. The minimum Gasteiger partial charge on any atom is -0.473 e. The second-order valence-corrected chi connectivity index (χ2v) is 8.91. The molecule has 2 fully saturated rings. The molecule has 0 amide bonds. The Morgan fingerprint density at radius 2 is 1.30 bits per heavy atom. The van der Waals surface area contributed by atoms with Crippen LogP contribution >= 0.6 is 11.6 Å². The molecule has 33 heavy (non-hydrogen) atoms. The molecule has 0 radical (unpaired) electrons. The number of carboxylic acid groups (broad SMARTS) is 2. The number of carbonyl (C=O) groups is 2. The average Bonchev–Trinajstić information content (AvgIpc) is 2.83. The van der Waals surface area contributed by atoms with Crippen molar-refractivity contribution in [2.75, 3.05) is 39.3 Å². The first-order valence-corrected chi connectivity index (χ1v) is 11.7. The second kappa shape index (κ2) is 12.7. The molecule has 0 aliphatic carbocycles. The third-order valence-electron chi connectivity index (χ3n) is 6.26. The molecule has 178 valence electrons. The lowest BCUT2D eigenvalue weighted by Gasteiger charge is -2.43. The predicted molar refractivity (Wildman–Crippen MR) is 128 cm³/mol. The number of carboxylic acids is 2. The minimum atomic E-state index is -1.82.